The third-order valence-electron chi connectivity index (χ3n) is 2.07. The number of benzene rings is 1. The van der Waals surface area contributed by atoms with Crippen molar-refractivity contribution < 1.29 is 0 Å². The smallest absolute Gasteiger partial charge is 0.0406 e. The van der Waals surface area contributed by atoms with Gasteiger partial charge in [0, 0.05) is 10.4 Å². The van der Waals surface area contributed by atoms with Crippen LogP contribution in [0, 0.1) is 0 Å². The van der Waals surface area contributed by atoms with Gasteiger partial charge in [-0.2, -0.15) is 0 Å². The van der Waals surface area contributed by atoms with Gasteiger partial charge in [0.1, 0.15) is 0 Å². The van der Waals surface area contributed by atoms with Gasteiger partial charge in [-0.1, -0.05) is 66.2 Å². The van der Waals surface area contributed by atoms with Crippen molar-refractivity contribution in [2.75, 3.05) is 0 Å². The molecule has 0 atom stereocenters. The molecule has 0 radical (unpaired) electrons. The molecule has 0 amide bonds. The molecule has 0 aliphatic carbocycles. The van der Waals surface area contributed by atoms with Crippen molar-refractivity contribution >= 4 is 34.2 Å². The van der Waals surface area contributed by atoms with E-state index in [0.29, 0.717) is 0 Å². The summed E-state index contributed by atoms with van der Waals surface area (Å²) in [6, 6.07) is 8.00. The zero-order chi connectivity index (χ0) is 9.90. The van der Waals surface area contributed by atoms with Gasteiger partial charge in [0.2, 0.25) is 0 Å². The van der Waals surface area contributed by atoms with Crippen molar-refractivity contribution in [3.63, 3.8) is 0 Å². The van der Waals surface area contributed by atoms with Crippen molar-refractivity contribution in [1.29, 1.82) is 0 Å². The summed E-state index contributed by atoms with van der Waals surface area (Å²) in [5.74, 6) is 0. The number of halogens is 2. The van der Waals surface area contributed by atoms with E-state index in [4.69, 9.17) is 11.6 Å². The molecule has 0 bridgehead atoms. The maximum atomic E-state index is 5.82. The van der Waals surface area contributed by atoms with Crippen molar-refractivity contribution in [2.45, 2.75) is 19.3 Å². The summed E-state index contributed by atoms with van der Waals surface area (Å²) in [5.41, 5.74) is 1.37. The number of rotatable bonds is 2. The zero-order valence-electron chi connectivity index (χ0n) is 7.72. The average Bonchev–Trinajstić information content (AvgIpc) is 2.05. The Morgan fingerprint density at radius 1 is 1.23 bits per heavy atom. The van der Waals surface area contributed by atoms with Gasteiger partial charge >= 0.3 is 0 Å². The predicted octanol–water partition coefficient (Wildman–Crippen LogP) is 4.57. The molecule has 1 aromatic carbocycles. The molecule has 0 heterocycles. The van der Waals surface area contributed by atoms with Crippen LogP contribution in [0.4, 0.5) is 0 Å². The lowest BCUT2D eigenvalue weighted by atomic mass is 9.85. The Balaban J connectivity index is 3.00. The second-order valence-corrected chi connectivity index (χ2v) is 4.68. The molecule has 0 aliphatic rings. The molecule has 0 spiro atoms. The van der Waals surface area contributed by atoms with E-state index < -0.39 is 0 Å². The van der Waals surface area contributed by atoms with Crippen molar-refractivity contribution in [3.8, 4) is 0 Å². The van der Waals surface area contributed by atoms with Gasteiger partial charge in [0.05, 0.1) is 0 Å². The van der Waals surface area contributed by atoms with E-state index in [9.17, 15) is 0 Å². The maximum Gasteiger partial charge on any atom is 0.0406 e. The molecule has 1 rings (SSSR count). The number of hydrogen-bond donors (Lipinski definition) is 0. The van der Waals surface area contributed by atoms with Crippen LogP contribution < -0.4 is 0 Å². The van der Waals surface area contributed by atoms with Gasteiger partial charge in [-0.25, -0.2) is 0 Å². The fourth-order valence-corrected chi connectivity index (χ4v) is 2.16. The van der Waals surface area contributed by atoms with Crippen LogP contribution in [-0.2, 0) is 5.41 Å². The molecular formula is C11H12ClI. The largest absolute Gasteiger partial charge is 0.0843 e. The lowest BCUT2D eigenvalue weighted by Crippen LogP contribution is -2.12. The maximum absolute atomic E-state index is 5.82. The van der Waals surface area contributed by atoms with Crippen LogP contribution in [-0.4, -0.2) is 0 Å². The normalized spacial score (nSPS) is 12.3. The van der Waals surface area contributed by atoms with Crippen LogP contribution in [0.3, 0.4) is 0 Å². The molecule has 0 aromatic heterocycles. The summed E-state index contributed by atoms with van der Waals surface area (Å²) >= 11 is 8.06. The molecular weight excluding hydrogens is 294 g/mol. The van der Waals surface area contributed by atoms with Crippen LogP contribution >= 0.6 is 34.2 Å². The van der Waals surface area contributed by atoms with Gasteiger partial charge in [-0.05, 0) is 21.8 Å². The summed E-state index contributed by atoms with van der Waals surface area (Å²) in [6.45, 7) is 4.37. The lowest BCUT2D eigenvalue weighted by Gasteiger charge is -2.20. The standard InChI is InChI=1S/C11H12ClI/c1-11(2,7-8-13)9-3-5-10(12)6-4-9/h3-8H,1-2H3. The van der Waals surface area contributed by atoms with E-state index in [0.717, 1.165) is 5.02 Å². The van der Waals surface area contributed by atoms with Crippen LogP contribution in [0.5, 0.6) is 0 Å². The highest BCUT2D eigenvalue weighted by Crippen LogP contribution is 2.26. The number of allylic oxidation sites excluding steroid dienone is 1. The van der Waals surface area contributed by atoms with Gasteiger partial charge in [0.15, 0.2) is 0 Å². The Morgan fingerprint density at radius 2 is 1.77 bits per heavy atom. The Bertz CT molecular complexity index is 298. The van der Waals surface area contributed by atoms with Crippen LogP contribution in [0.2, 0.25) is 5.02 Å². The Morgan fingerprint density at radius 3 is 2.23 bits per heavy atom. The molecule has 0 N–H and O–H groups in total. The molecule has 0 aliphatic heterocycles. The van der Waals surface area contributed by atoms with Crippen molar-refractivity contribution in [2.24, 2.45) is 0 Å². The summed E-state index contributed by atoms with van der Waals surface area (Å²) in [6.07, 6.45) is 2.18. The Kier molecular flexibility index (Phi) is 3.80. The van der Waals surface area contributed by atoms with Gasteiger partial charge < -0.3 is 0 Å². The molecule has 1 aromatic rings. The van der Waals surface area contributed by atoms with Crippen molar-refractivity contribution in [1.82, 2.24) is 0 Å². The van der Waals surface area contributed by atoms with Gasteiger partial charge in [-0.3, -0.25) is 0 Å². The Labute approximate surface area is 98.1 Å². The first-order valence-electron chi connectivity index (χ1n) is 4.10. The van der Waals surface area contributed by atoms with Crippen LogP contribution in [0.25, 0.3) is 0 Å². The first kappa shape index (κ1) is 11.1. The highest BCUT2D eigenvalue weighted by Gasteiger charge is 2.15. The highest BCUT2D eigenvalue weighted by atomic mass is 127. The van der Waals surface area contributed by atoms with E-state index in [1.807, 2.05) is 16.2 Å². The topological polar surface area (TPSA) is 0 Å². The first-order chi connectivity index (χ1) is 6.06. The van der Waals surface area contributed by atoms with Crippen LogP contribution in [0.15, 0.2) is 34.4 Å². The predicted molar refractivity (Wildman–Crippen MR) is 67.6 cm³/mol. The second kappa shape index (κ2) is 4.47. The minimum atomic E-state index is 0.0891. The minimum absolute atomic E-state index is 0.0891. The van der Waals surface area contributed by atoms with Gasteiger partial charge in [0.25, 0.3) is 0 Å². The monoisotopic (exact) mass is 306 g/mol. The van der Waals surface area contributed by atoms with E-state index in [1.165, 1.54) is 5.56 Å². The second-order valence-electron chi connectivity index (χ2n) is 3.52. The van der Waals surface area contributed by atoms with Crippen molar-refractivity contribution in [3.05, 3.63) is 45.0 Å². The summed E-state index contributed by atoms with van der Waals surface area (Å²) in [4.78, 5) is 0. The number of hydrogen-bond acceptors (Lipinski definition) is 0. The van der Waals surface area contributed by atoms with E-state index >= 15 is 0 Å². The lowest BCUT2D eigenvalue weighted by molar-refractivity contribution is 0.671. The minimum Gasteiger partial charge on any atom is -0.0843 e. The zero-order valence-corrected chi connectivity index (χ0v) is 10.6. The van der Waals surface area contributed by atoms with Gasteiger partial charge in [-0.15, -0.1) is 0 Å². The summed E-state index contributed by atoms with van der Waals surface area (Å²) in [7, 11) is 0. The molecule has 13 heavy (non-hydrogen) atoms. The highest BCUT2D eigenvalue weighted by molar-refractivity contribution is 14.1. The van der Waals surface area contributed by atoms with Crippen LogP contribution in [0.1, 0.15) is 19.4 Å². The fourth-order valence-electron chi connectivity index (χ4n) is 1.13. The summed E-state index contributed by atoms with van der Waals surface area (Å²) < 4.78 is 2.05. The summed E-state index contributed by atoms with van der Waals surface area (Å²) in [5, 5.41) is 0.790. The van der Waals surface area contributed by atoms with E-state index in [2.05, 4.69) is 54.6 Å². The average molecular weight is 307 g/mol. The quantitative estimate of drug-likeness (QED) is 0.702. The third-order valence-corrected chi connectivity index (χ3v) is 2.68. The Hall–Kier alpha value is -0.0200. The molecule has 0 saturated heterocycles. The third kappa shape index (κ3) is 2.99. The molecule has 2 heteroatoms. The molecule has 70 valence electrons. The first-order valence-corrected chi connectivity index (χ1v) is 5.72. The molecule has 0 saturated carbocycles. The molecule has 0 nitrogen and oxygen atoms in total. The van der Waals surface area contributed by atoms with E-state index in [1.54, 1.807) is 0 Å². The fraction of sp³-hybridized carbons (Fsp3) is 0.273. The SMILES string of the molecule is CC(C)(C=CI)c1ccc(Cl)cc1. The van der Waals surface area contributed by atoms with E-state index in [-0.39, 0.29) is 5.41 Å². The molecule has 0 fully saturated rings. The molecule has 0 unspecified atom stereocenters.